The van der Waals surface area contributed by atoms with Crippen LogP contribution in [0.25, 0.3) is 0 Å². The molecular weight excluding hydrogens is 264 g/mol. The summed E-state index contributed by atoms with van der Waals surface area (Å²) in [4.78, 5) is 17.7. The summed E-state index contributed by atoms with van der Waals surface area (Å²) in [5.74, 6) is 0.509. The van der Waals surface area contributed by atoms with Gasteiger partial charge in [-0.05, 0) is 43.7 Å². The number of aromatic carboxylic acids is 1. The van der Waals surface area contributed by atoms with Crippen LogP contribution in [0.1, 0.15) is 42.5 Å². The summed E-state index contributed by atoms with van der Waals surface area (Å²) in [5, 5.41) is 9.37. The Morgan fingerprint density at radius 2 is 2.11 bits per heavy atom. The Labute approximate surface area is 117 Å². The van der Waals surface area contributed by atoms with Crippen LogP contribution in [-0.4, -0.2) is 28.6 Å². The first-order chi connectivity index (χ1) is 9.15. The summed E-state index contributed by atoms with van der Waals surface area (Å²) in [5.41, 5.74) is 0.218. The van der Waals surface area contributed by atoms with E-state index in [0.717, 1.165) is 24.7 Å². The van der Waals surface area contributed by atoms with Gasteiger partial charge in [0.15, 0.2) is 0 Å². The molecule has 1 aliphatic heterocycles. The maximum atomic E-state index is 11.1. The largest absolute Gasteiger partial charge is 0.478 e. The van der Waals surface area contributed by atoms with E-state index in [2.05, 4.69) is 9.88 Å². The van der Waals surface area contributed by atoms with Crippen LogP contribution in [0, 0.1) is 5.92 Å². The first kappa shape index (κ1) is 12.7. The van der Waals surface area contributed by atoms with Gasteiger partial charge in [0.05, 0.1) is 5.56 Å². The average Bonchev–Trinajstić information content (AvgIpc) is 2.85. The number of rotatable bonds is 2. The van der Waals surface area contributed by atoms with Crippen molar-refractivity contribution < 1.29 is 9.90 Å². The predicted molar refractivity (Wildman–Crippen MR) is 73.9 cm³/mol. The summed E-state index contributed by atoms with van der Waals surface area (Å²) in [6, 6.07) is 3.57. The van der Waals surface area contributed by atoms with Crippen LogP contribution in [0.3, 0.4) is 0 Å². The molecule has 0 bridgehead atoms. The predicted octanol–water partition coefficient (Wildman–Crippen LogP) is 3.20. The lowest BCUT2D eigenvalue weighted by molar-refractivity contribution is 0.0696. The van der Waals surface area contributed by atoms with Gasteiger partial charge in [-0.3, -0.25) is 0 Å². The second-order valence-electron chi connectivity index (χ2n) is 5.44. The van der Waals surface area contributed by atoms with Crippen LogP contribution >= 0.6 is 11.6 Å². The van der Waals surface area contributed by atoms with Gasteiger partial charge in [0.2, 0.25) is 0 Å². The fourth-order valence-electron chi connectivity index (χ4n) is 3.49. The van der Waals surface area contributed by atoms with Gasteiger partial charge in [0, 0.05) is 12.6 Å². The van der Waals surface area contributed by atoms with Crippen LogP contribution in [0.4, 0.5) is 5.82 Å². The molecule has 0 radical (unpaired) electrons. The standard InChI is InChI=1S/C14H17ClN2O2/c15-12-7-10(14(18)19)8-13(16-12)17-6-2-4-9-3-1-5-11(9)17/h7-9,11H,1-6H2,(H,18,19). The number of hydrogen-bond acceptors (Lipinski definition) is 3. The Balaban J connectivity index is 1.94. The lowest BCUT2D eigenvalue weighted by atomic mass is 9.92. The minimum absolute atomic E-state index is 0.218. The number of piperidine rings is 1. The molecule has 2 aliphatic rings. The summed E-state index contributed by atoms with van der Waals surface area (Å²) in [6.07, 6.45) is 6.16. The number of pyridine rings is 1. The average molecular weight is 281 g/mol. The van der Waals surface area contributed by atoms with Crippen molar-refractivity contribution >= 4 is 23.4 Å². The topological polar surface area (TPSA) is 53.4 Å². The second-order valence-corrected chi connectivity index (χ2v) is 5.82. The molecule has 2 fully saturated rings. The second kappa shape index (κ2) is 5.00. The minimum Gasteiger partial charge on any atom is -0.478 e. The van der Waals surface area contributed by atoms with Gasteiger partial charge in [-0.15, -0.1) is 0 Å². The van der Waals surface area contributed by atoms with E-state index < -0.39 is 5.97 Å². The highest BCUT2D eigenvalue weighted by atomic mass is 35.5. The Morgan fingerprint density at radius 1 is 1.32 bits per heavy atom. The minimum atomic E-state index is -0.953. The Morgan fingerprint density at radius 3 is 2.89 bits per heavy atom. The first-order valence-electron chi connectivity index (χ1n) is 6.82. The van der Waals surface area contributed by atoms with Crippen LogP contribution in [0.5, 0.6) is 0 Å². The maximum absolute atomic E-state index is 11.1. The molecule has 0 amide bonds. The molecule has 1 aromatic rings. The zero-order valence-electron chi connectivity index (χ0n) is 10.7. The van der Waals surface area contributed by atoms with Crippen molar-refractivity contribution in [2.45, 2.75) is 38.1 Å². The summed E-state index contributed by atoms with van der Waals surface area (Å²) in [6.45, 7) is 0.952. The van der Waals surface area contributed by atoms with E-state index in [-0.39, 0.29) is 10.7 Å². The fourth-order valence-corrected chi connectivity index (χ4v) is 3.70. The molecule has 0 aromatic carbocycles. The van der Waals surface area contributed by atoms with E-state index >= 15 is 0 Å². The molecule has 102 valence electrons. The van der Waals surface area contributed by atoms with Crippen molar-refractivity contribution in [1.29, 1.82) is 0 Å². The van der Waals surface area contributed by atoms with Crippen LogP contribution < -0.4 is 4.90 Å². The molecule has 2 atom stereocenters. The molecule has 0 spiro atoms. The number of nitrogens with zero attached hydrogens (tertiary/aromatic N) is 2. The lowest BCUT2D eigenvalue weighted by Crippen LogP contribution is -2.43. The third-order valence-corrected chi connectivity index (χ3v) is 4.51. The number of halogens is 1. The fraction of sp³-hybridized carbons (Fsp3) is 0.571. The van der Waals surface area contributed by atoms with Crippen LogP contribution in [0.15, 0.2) is 12.1 Å². The Kier molecular flexibility index (Phi) is 3.35. The molecule has 2 heterocycles. The number of carbonyl (C=O) groups is 1. The number of carboxylic acids is 1. The molecule has 3 rings (SSSR count). The van der Waals surface area contributed by atoms with Gasteiger partial charge in [0.1, 0.15) is 11.0 Å². The van der Waals surface area contributed by atoms with Crippen molar-refractivity contribution in [3.05, 3.63) is 22.8 Å². The van der Waals surface area contributed by atoms with E-state index in [9.17, 15) is 4.79 Å². The van der Waals surface area contributed by atoms with Crippen molar-refractivity contribution in [3.63, 3.8) is 0 Å². The lowest BCUT2D eigenvalue weighted by Gasteiger charge is -2.38. The quantitative estimate of drug-likeness (QED) is 0.845. The van der Waals surface area contributed by atoms with E-state index in [1.807, 2.05) is 0 Å². The molecule has 5 heteroatoms. The van der Waals surface area contributed by atoms with Crippen molar-refractivity contribution in [3.8, 4) is 0 Å². The summed E-state index contributed by atoms with van der Waals surface area (Å²) in [7, 11) is 0. The molecule has 1 aliphatic carbocycles. The number of fused-ring (bicyclic) bond motifs is 1. The van der Waals surface area contributed by atoms with Crippen LogP contribution in [-0.2, 0) is 0 Å². The molecule has 1 N–H and O–H groups in total. The molecule has 2 unspecified atom stereocenters. The number of hydrogen-bond donors (Lipinski definition) is 1. The van der Waals surface area contributed by atoms with E-state index in [0.29, 0.717) is 6.04 Å². The highest BCUT2D eigenvalue weighted by molar-refractivity contribution is 6.29. The van der Waals surface area contributed by atoms with E-state index in [1.165, 1.54) is 31.7 Å². The molecule has 4 nitrogen and oxygen atoms in total. The Hall–Kier alpha value is -1.29. The SMILES string of the molecule is O=C(O)c1cc(Cl)nc(N2CCCC3CCCC32)c1. The normalized spacial score (nSPS) is 26.3. The van der Waals surface area contributed by atoms with Gasteiger partial charge >= 0.3 is 5.97 Å². The molecular formula is C14H17ClN2O2. The monoisotopic (exact) mass is 280 g/mol. The Bertz CT molecular complexity index is 506. The zero-order chi connectivity index (χ0) is 13.4. The summed E-state index contributed by atoms with van der Waals surface area (Å²) < 4.78 is 0. The highest BCUT2D eigenvalue weighted by Gasteiger charge is 2.35. The van der Waals surface area contributed by atoms with Gasteiger partial charge in [-0.2, -0.15) is 0 Å². The summed E-state index contributed by atoms with van der Waals surface area (Å²) >= 11 is 5.96. The van der Waals surface area contributed by atoms with Crippen LogP contribution in [0.2, 0.25) is 5.15 Å². The van der Waals surface area contributed by atoms with Crippen molar-refractivity contribution in [1.82, 2.24) is 4.98 Å². The van der Waals surface area contributed by atoms with E-state index in [4.69, 9.17) is 16.7 Å². The molecule has 1 saturated heterocycles. The smallest absolute Gasteiger partial charge is 0.335 e. The van der Waals surface area contributed by atoms with Gasteiger partial charge in [0.25, 0.3) is 0 Å². The third-order valence-electron chi connectivity index (χ3n) is 4.32. The highest BCUT2D eigenvalue weighted by Crippen LogP contribution is 2.38. The molecule has 1 saturated carbocycles. The maximum Gasteiger partial charge on any atom is 0.335 e. The van der Waals surface area contributed by atoms with Gasteiger partial charge < -0.3 is 10.0 Å². The number of carboxylic acid groups (broad SMARTS) is 1. The van der Waals surface area contributed by atoms with Gasteiger partial charge in [-0.25, -0.2) is 9.78 Å². The zero-order valence-corrected chi connectivity index (χ0v) is 11.4. The third kappa shape index (κ3) is 2.41. The van der Waals surface area contributed by atoms with Crippen molar-refractivity contribution in [2.24, 2.45) is 5.92 Å². The molecule has 19 heavy (non-hydrogen) atoms. The first-order valence-corrected chi connectivity index (χ1v) is 7.20. The van der Waals surface area contributed by atoms with E-state index in [1.54, 1.807) is 6.07 Å². The molecule has 1 aromatic heterocycles. The number of anilines is 1. The number of aromatic nitrogens is 1. The van der Waals surface area contributed by atoms with Crippen molar-refractivity contribution in [2.75, 3.05) is 11.4 Å². The van der Waals surface area contributed by atoms with Gasteiger partial charge in [-0.1, -0.05) is 18.0 Å².